The Hall–Kier alpha value is -3.15. The van der Waals surface area contributed by atoms with Crippen LogP contribution >= 0.6 is 11.3 Å². The molecular weight excluding hydrogens is 491 g/mol. The van der Waals surface area contributed by atoms with E-state index in [0.29, 0.717) is 40.0 Å². The van der Waals surface area contributed by atoms with Gasteiger partial charge in [0.25, 0.3) is 0 Å². The van der Waals surface area contributed by atoms with Crippen molar-refractivity contribution in [2.45, 2.75) is 56.5 Å². The van der Waals surface area contributed by atoms with Crippen LogP contribution in [0.5, 0.6) is 0 Å². The Morgan fingerprint density at radius 2 is 1.80 bits per heavy atom. The first-order valence-corrected chi connectivity index (χ1v) is 11.6. The van der Waals surface area contributed by atoms with E-state index >= 15 is 0 Å². The van der Waals surface area contributed by atoms with Gasteiger partial charge in [0.2, 0.25) is 5.95 Å². The molecule has 0 atom stereocenters. The third-order valence-corrected chi connectivity index (χ3v) is 7.23. The number of aryl methyl sites for hydroxylation is 1. The number of nitrogens with zero attached hydrogens (tertiary/aromatic N) is 3. The number of aromatic nitrogens is 3. The fourth-order valence-electron chi connectivity index (χ4n) is 4.17. The Labute approximate surface area is 201 Å². The molecule has 35 heavy (non-hydrogen) atoms. The van der Waals surface area contributed by atoms with Crippen molar-refractivity contribution in [2.75, 3.05) is 5.32 Å². The predicted octanol–water partition coefficient (Wildman–Crippen LogP) is 6.59. The molecule has 0 bridgehead atoms. The molecule has 2 N–H and O–H groups in total. The number of hydrogen-bond donors (Lipinski definition) is 2. The minimum Gasteiger partial charge on any atom is -0.481 e. The summed E-state index contributed by atoms with van der Waals surface area (Å²) in [5.41, 5.74) is -0.655. The molecule has 4 rings (SSSR count). The van der Waals surface area contributed by atoms with Crippen molar-refractivity contribution < 1.29 is 31.9 Å². The van der Waals surface area contributed by atoms with Gasteiger partial charge in [-0.1, -0.05) is 25.3 Å². The van der Waals surface area contributed by atoms with Gasteiger partial charge in [-0.15, -0.1) is 11.3 Å². The molecule has 2 aromatic heterocycles. The van der Waals surface area contributed by atoms with Crippen LogP contribution < -0.4 is 5.32 Å². The SMILES string of the molecule is Cc1cc(Nc2nccc(C(F)(F)C(F)(F)F)n2)cc(-c2cnc(C3(C(=O)O)CCCCC3)s2)c1. The molecule has 0 spiro atoms. The number of hydrogen-bond acceptors (Lipinski definition) is 6. The fraction of sp³-hybridized carbons (Fsp3) is 0.391. The lowest BCUT2D eigenvalue weighted by atomic mass is 9.74. The summed E-state index contributed by atoms with van der Waals surface area (Å²) in [5, 5.41) is 13.1. The fourth-order valence-corrected chi connectivity index (χ4v) is 5.31. The molecule has 1 fully saturated rings. The van der Waals surface area contributed by atoms with Crippen LogP contribution in [0.1, 0.15) is 48.4 Å². The Kier molecular flexibility index (Phi) is 6.52. The largest absolute Gasteiger partial charge is 0.481 e. The van der Waals surface area contributed by atoms with E-state index in [1.807, 2.05) is 6.07 Å². The molecule has 0 unspecified atom stereocenters. The second-order valence-electron chi connectivity index (χ2n) is 8.53. The van der Waals surface area contributed by atoms with E-state index in [1.165, 1.54) is 11.3 Å². The van der Waals surface area contributed by atoms with Gasteiger partial charge in [0.05, 0.1) is 4.88 Å². The van der Waals surface area contributed by atoms with Gasteiger partial charge in [-0.3, -0.25) is 4.79 Å². The molecule has 1 aliphatic rings. The zero-order chi connectivity index (χ0) is 25.4. The van der Waals surface area contributed by atoms with Crippen LogP contribution in [-0.4, -0.2) is 32.2 Å². The molecule has 12 heteroatoms. The van der Waals surface area contributed by atoms with E-state index in [1.54, 1.807) is 25.3 Å². The van der Waals surface area contributed by atoms with Gasteiger partial charge < -0.3 is 10.4 Å². The Balaban J connectivity index is 1.63. The second kappa shape index (κ2) is 9.14. The van der Waals surface area contributed by atoms with Gasteiger partial charge in [-0.25, -0.2) is 15.0 Å². The van der Waals surface area contributed by atoms with E-state index in [9.17, 15) is 31.9 Å². The summed E-state index contributed by atoms with van der Waals surface area (Å²) in [7, 11) is 0. The molecule has 0 amide bonds. The number of aliphatic carboxylic acids is 1. The van der Waals surface area contributed by atoms with E-state index in [4.69, 9.17) is 0 Å². The lowest BCUT2D eigenvalue weighted by Gasteiger charge is -2.31. The van der Waals surface area contributed by atoms with Crippen LogP contribution in [0.15, 0.2) is 36.7 Å². The summed E-state index contributed by atoms with van der Waals surface area (Å²) in [5.74, 6) is -6.43. The molecule has 0 radical (unpaired) electrons. The summed E-state index contributed by atoms with van der Waals surface area (Å²) < 4.78 is 65.5. The van der Waals surface area contributed by atoms with Crippen LogP contribution in [0, 0.1) is 6.92 Å². The highest BCUT2D eigenvalue weighted by molar-refractivity contribution is 7.15. The first kappa shape index (κ1) is 25.0. The zero-order valence-electron chi connectivity index (χ0n) is 18.5. The standard InChI is InChI=1S/C23H21F5N4O2S/c1-13-9-14(16-12-30-18(35-16)21(19(33)34)6-3-2-4-7-21)11-15(10-13)31-20-29-8-5-17(32-20)22(24,25)23(26,27)28/h5,8-12H,2-4,6-7H2,1H3,(H,33,34)(H,29,31,32). The number of alkyl halides is 5. The van der Waals surface area contributed by atoms with Crippen LogP contribution in [0.25, 0.3) is 10.4 Å². The average molecular weight is 513 g/mol. The van der Waals surface area contributed by atoms with Gasteiger partial charge in [0.15, 0.2) is 0 Å². The highest BCUT2D eigenvalue weighted by Crippen LogP contribution is 2.44. The van der Waals surface area contributed by atoms with Crippen LogP contribution in [0.2, 0.25) is 0 Å². The summed E-state index contributed by atoms with van der Waals surface area (Å²) in [6.07, 6.45) is 0.282. The summed E-state index contributed by atoms with van der Waals surface area (Å²) in [4.78, 5) is 24.4. The van der Waals surface area contributed by atoms with Crippen molar-refractivity contribution in [3.05, 3.63) is 52.9 Å². The maximum atomic E-state index is 13.7. The highest BCUT2D eigenvalue weighted by Gasteiger charge is 2.60. The van der Waals surface area contributed by atoms with Crippen molar-refractivity contribution >= 4 is 28.9 Å². The minimum atomic E-state index is -5.79. The number of anilines is 2. The molecule has 2 heterocycles. The second-order valence-corrected chi connectivity index (χ2v) is 9.56. The molecule has 1 aliphatic carbocycles. The van der Waals surface area contributed by atoms with Crippen molar-refractivity contribution in [2.24, 2.45) is 0 Å². The molecule has 186 valence electrons. The quantitative estimate of drug-likeness (QED) is 0.362. The van der Waals surface area contributed by atoms with Crippen molar-refractivity contribution in [3.63, 3.8) is 0 Å². The first-order valence-electron chi connectivity index (χ1n) is 10.8. The number of benzene rings is 1. The third kappa shape index (κ3) is 4.84. The van der Waals surface area contributed by atoms with Gasteiger partial charge in [0, 0.05) is 18.1 Å². The molecular formula is C23H21F5N4O2S. The Bertz CT molecular complexity index is 1240. The number of carbonyl (C=O) groups is 1. The summed E-state index contributed by atoms with van der Waals surface area (Å²) >= 11 is 1.28. The number of rotatable bonds is 6. The minimum absolute atomic E-state index is 0.369. The third-order valence-electron chi connectivity index (χ3n) is 5.98. The van der Waals surface area contributed by atoms with Gasteiger partial charge in [-0.2, -0.15) is 22.0 Å². The van der Waals surface area contributed by atoms with Crippen molar-refractivity contribution in [3.8, 4) is 10.4 Å². The molecule has 3 aromatic rings. The number of carboxylic acid groups (broad SMARTS) is 1. The van der Waals surface area contributed by atoms with E-state index < -0.39 is 35.1 Å². The highest BCUT2D eigenvalue weighted by atomic mass is 32.1. The summed E-state index contributed by atoms with van der Waals surface area (Å²) in [6, 6.07) is 5.66. The average Bonchev–Trinajstić information content (AvgIpc) is 3.29. The van der Waals surface area contributed by atoms with Crippen molar-refractivity contribution in [1.29, 1.82) is 0 Å². The van der Waals surface area contributed by atoms with Crippen molar-refractivity contribution in [1.82, 2.24) is 15.0 Å². The number of carboxylic acids is 1. The number of halogens is 5. The number of nitrogens with one attached hydrogen (secondary N) is 1. The monoisotopic (exact) mass is 512 g/mol. The zero-order valence-corrected chi connectivity index (χ0v) is 19.3. The van der Waals surface area contributed by atoms with Crippen LogP contribution in [0.4, 0.5) is 33.6 Å². The van der Waals surface area contributed by atoms with E-state index in [-0.39, 0.29) is 0 Å². The Morgan fingerprint density at radius 3 is 2.46 bits per heavy atom. The van der Waals surface area contributed by atoms with E-state index in [2.05, 4.69) is 20.3 Å². The molecule has 0 aliphatic heterocycles. The van der Waals surface area contributed by atoms with Gasteiger partial charge >= 0.3 is 18.1 Å². The first-order chi connectivity index (χ1) is 16.4. The smallest absolute Gasteiger partial charge is 0.459 e. The Morgan fingerprint density at radius 1 is 1.09 bits per heavy atom. The van der Waals surface area contributed by atoms with Crippen LogP contribution in [-0.2, 0) is 16.1 Å². The lowest BCUT2D eigenvalue weighted by molar-refractivity contribution is -0.290. The predicted molar refractivity (Wildman–Crippen MR) is 120 cm³/mol. The number of thiazole rings is 1. The molecule has 1 saturated carbocycles. The molecule has 0 saturated heterocycles. The normalized spacial score (nSPS) is 16.2. The topological polar surface area (TPSA) is 88.0 Å². The lowest BCUT2D eigenvalue weighted by Crippen LogP contribution is -2.37. The van der Waals surface area contributed by atoms with Gasteiger partial charge in [-0.05, 0) is 49.1 Å². The maximum absolute atomic E-state index is 13.7. The van der Waals surface area contributed by atoms with E-state index in [0.717, 1.165) is 31.0 Å². The summed E-state index contributed by atoms with van der Waals surface area (Å²) in [6.45, 7) is 1.78. The maximum Gasteiger partial charge on any atom is 0.459 e. The van der Waals surface area contributed by atoms with Gasteiger partial charge in [0.1, 0.15) is 16.1 Å². The van der Waals surface area contributed by atoms with Crippen LogP contribution in [0.3, 0.4) is 0 Å². The molecule has 6 nitrogen and oxygen atoms in total. The molecule has 1 aromatic carbocycles.